The maximum atomic E-state index is 4.25. The number of nitrogens with zero attached hydrogens (tertiary/aromatic N) is 1. The Balaban J connectivity index is 1.62. The molecule has 0 bridgehead atoms. The zero-order valence-corrected chi connectivity index (χ0v) is 15.6. The molecule has 1 aromatic heterocycles. The fourth-order valence-electron chi connectivity index (χ4n) is 3.83. The van der Waals surface area contributed by atoms with Crippen molar-refractivity contribution in [1.29, 1.82) is 0 Å². The standard InChI is InChI=1S/C21H31N3/c1-15-16(2)23-20-9-8-18(14-19(15)20)17(3)22-11-13-24-12-7-6-10-21(24,4)5/h8-9,14,22-23H,3,6-7,10-13H2,1-2,4-5H3. The number of rotatable bonds is 5. The lowest BCUT2D eigenvalue weighted by molar-refractivity contribution is 0.0793. The highest BCUT2D eigenvalue weighted by Gasteiger charge is 2.28. The van der Waals surface area contributed by atoms with E-state index in [0.717, 1.165) is 18.8 Å². The predicted molar refractivity (Wildman–Crippen MR) is 104 cm³/mol. The van der Waals surface area contributed by atoms with Gasteiger partial charge < -0.3 is 10.3 Å². The van der Waals surface area contributed by atoms with Crippen LogP contribution in [0, 0.1) is 13.8 Å². The molecule has 1 aromatic carbocycles. The Labute approximate surface area is 146 Å². The van der Waals surface area contributed by atoms with E-state index in [1.165, 1.54) is 53.5 Å². The summed E-state index contributed by atoms with van der Waals surface area (Å²) in [4.78, 5) is 6.04. The van der Waals surface area contributed by atoms with E-state index >= 15 is 0 Å². The zero-order chi connectivity index (χ0) is 17.3. The molecule has 1 aliphatic heterocycles. The maximum Gasteiger partial charge on any atom is 0.0459 e. The van der Waals surface area contributed by atoms with Crippen molar-refractivity contribution in [1.82, 2.24) is 15.2 Å². The molecule has 0 unspecified atom stereocenters. The van der Waals surface area contributed by atoms with Gasteiger partial charge in [0.05, 0.1) is 0 Å². The van der Waals surface area contributed by atoms with Crippen LogP contribution >= 0.6 is 0 Å². The summed E-state index contributed by atoms with van der Waals surface area (Å²) in [6, 6.07) is 6.55. The van der Waals surface area contributed by atoms with E-state index in [1.54, 1.807) is 0 Å². The number of aryl methyl sites for hydroxylation is 2. The number of piperidine rings is 1. The lowest BCUT2D eigenvalue weighted by Gasteiger charge is -2.42. The molecule has 0 aliphatic carbocycles. The van der Waals surface area contributed by atoms with Gasteiger partial charge in [-0.15, -0.1) is 0 Å². The summed E-state index contributed by atoms with van der Waals surface area (Å²) in [5, 5.41) is 4.83. The lowest BCUT2D eigenvalue weighted by Crippen LogP contribution is -2.49. The van der Waals surface area contributed by atoms with Crippen LogP contribution in [-0.2, 0) is 0 Å². The summed E-state index contributed by atoms with van der Waals surface area (Å²) in [5.41, 5.74) is 6.31. The lowest BCUT2D eigenvalue weighted by atomic mass is 9.90. The first-order chi connectivity index (χ1) is 11.4. The Hall–Kier alpha value is -1.74. The van der Waals surface area contributed by atoms with Gasteiger partial charge in [0.25, 0.3) is 0 Å². The van der Waals surface area contributed by atoms with Crippen molar-refractivity contribution in [3.05, 3.63) is 41.6 Å². The fourth-order valence-corrected chi connectivity index (χ4v) is 3.83. The zero-order valence-electron chi connectivity index (χ0n) is 15.6. The van der Waals surface area contributed by atoms with Crippen LogP contribution in [0.1, 0.15) is 49.9 Å². The number of benzene rings is 1. The summed E-state index contributed by atoms with van der Waals surface area (Å²) in [6.07, 6.45) is 3.99. The fraction of sp³-hybridized carbons (Fsp3) is 0.524. The van der Waals surface area contributed by atoms with Gasteiger partial charge in [0, 0.05) is 40.9 Å². The van der Waals surface area contributed by atoms with Gasteiger partial charge in [-0.3, -0.25) is 4.90 Å². The molecule has 0 atom stereocenters. The van der Waals surface area contributed by atoms with Crippen molar-refractivity contribution in [2.24, 2.45) is 0 Å². The van der Waals surface area contributed by atoms with Crippen LogP contribution in [0.15, 0.2) is 24.8 Å². The maximum absolute atomic E-state index is 4.25. The molecule has 2 heterocycles. The highest BCUT2D eigenvalue weighted by Crippen LogP contribution is 2.27. The molecular weight excluding hydrogens is 294 g/mol. The van der Waals surface area contributed by atoms with Crippen molar-refractivity contribution in [3.8, 4) is 0 Å². The molecule has 2 aromatic rings. The van der Waals surface area contributed by atoms with Gasteiger partial charge in [-0.2, -0.15) is 0 Å². The monoisotopic (exact) mass is 325 g/mol. The van der Waals surface area contributed by atoms with E-state index in [2.05, 4.69) is 67.7 Å². The topological polar surface area (TPSA) is 31.1 Å². The van der Waals surface area contributed by atoms with Gasteiger partial charge in [0.1, 0.15) is 0 Å². The van der Waals surface area contributed by atoms with Gasteiger partial charge in [-0.25, -0.2) is 0 Å². The molecule has 24 heavy (non-hydrogen) atoms. The Morgan fingerprint density at radius 1 is 1.29 bits per heavy atom. The smallest absolute Gasteiger partial charge is 0.0459 e. The molecule has 130 valence electrons. The van der Waals surface area contributed by atoms with Gasteiger partial charge >= 0.3 is 0 Å². The van der Waals surface area contributed by atoms with Gasteiger partial charge in [-0.05, 0) is 70.3 Å². The first-order valence-electron chi connectivity index (χ1n) is 9.15. The summed E-state index contributed by atoms with van der Waals surface area (Å²) in [7, 11) is 0. The first kappa shape index (κ1) is 17.1. The Morgan fingerprint density at radius 3 is 2.83 bits per heavy atom. The van der Waals surface area contributed by atoms with Crippen molar-refractivity contribution in [2.45, 2.75) is 52.5 Å². The number of aromatic nitrogens is 1. The summed E-state index contributed by atoms with van der Waals surface area (Å²) in [5.74, 6) is 0. The third-order valence-corrected chi connectivity index (χ3v) is 5.70. The highest BCUT2D eigenvalue weighted by atomic mass is 15.2. The molecule has 3 rings (SSSR count). The Kier molecular flexibility index (Phi) is 4.73. The number of nitrogens with one attached hydrogen (secondary N) is 2. The van der Waals surface area contributed by atoms with Crippen LogP contribution in [0.3, 0.4) is 0 Å². The van der Waals surface area contributed by atoms with E-state index in [1.807, 2.05) is 0 Å². The third-order valence-electron chi connectivity index (χ3n) is 5.70. The van der Waals surface area contributed by atoms with Crippen LogP contribution in [0.4, 0.5) is 0 Å². The number of hydrogen-bond acceptors (Lipinski definition) is 2. The van der Waals surface area contributed by atoms with E-state index in [0.29, 0.717) is 5.54 Å². The molecule has 0 amide bonds. The van der Waals surface area contributed by atoms with E-state index in [-0.39, 0.29) is 0 Å². The Morgan fingerprint density at radius 2 is 2.08 bits per heavy atom. The summed E-state index contributed by atoms with van der Waals surface area (Å²) >= 11 is 0. The molecule has 1 aliphatic rings. The minimum atomic E-state index is 0.333. The Bertz CT molecular complexity index is 739. The minimum Gasteiger partial charge on any atom is -0.384 e. The molecular formula is C21H31N3. The molecule has 1 fully saturated rings. The number of H-pyrrole nitrogens is 1. The van der Waals surface area contributed by atoms with Crippen molar-refractivity contribution < 1.29 is 0 Å². The second-order valence-corrected chi connectivity index (χ2v) is 7.80. The molecule has 3 heteroatoms. The average Bonchev–Trinajstić information content (AvgIpc) is 2.83. The van der Waals surface area contributed by atoms with Gasteiger partial charge in [-0.1, -0.05) is 19.1 Å². The van der Waals surface area contributed by atoms with Crippen LogP contribution < -0.4 is 5.32 Å². The van der Waals surface area contributed by atoms with E-state index < -0.39 is 0 Å². The number of likely N-dealkylation sites (tertiary alicyclic amines) is 1. The van der Waals surface area contributed by atoms with Crippen molar-refractivity contribution in [3.63, 3.8) is 0 Å². The van der Waals surface area contributed by atoms with Crippen molar-refractivity contribution >= 4 is 16.6 Å². The van der Waals surface area contributed by atoms with Gasteiger partial charge in [0.15, 0.2) is 0 Å². The molecule has 0 spiro atoms. The molecule has 0 radical (unpaired) electrons. The second kappa shape index (κ2) is 6.64. The number of hydrogen-bond donors (Lipinski definition) is 2. The average molecular weight is 326 g/mol. The van der Waals surface area contributed by atoms with E-state index in [9.17, 15) is 0 Å². The van der Waals surface area contributed by atoms with Crippen LogP contribution in [-0.4, -0.2) is 35.1 Å². The third kappa shape index (κ3) is 3.36. The normalized spacial score (nSPS) is 18.0. The summed E-state index contributed by atoms with van der Waals surface area (Å²) in [6.45, 7) is 16.5. The molecule has 0 saturated carbocycles. The van der Waals surface area contributed by atoms with E-state index in [4.69, 9.17) is 0 Å². The van der Waals surface area contributed by atoms with Crippen LogP contribution in [0.2, 0.25) is 0 Å². The largest absolute Gasteiger partial charge is 0.384 e. The quantitative estimate of drug-likeness (QED) is 0.841. The molecule has 1 saturated heterocycles. The highest BCUT2D eigenvalue weighted by molar-refractivity contribution is 5.87. The first-order valence-corrected chi connectivity index (χ1v) is 9.15. The molecule has 2 N–H and O–H groups in total. The minimum absolute atomic E-state index is 0.333. The number of fused-ring (bicyclic) bond motifs is 1. The predicted octanol–water partition coefficient (Wildman–Crippen LogP) is 4.61. The van der Waals surface area contributed by atoms with Crippen molar-refractivity contribution in [2.75, 3.05) is 19.6 Å². The SMILES string of the molecule is C=C(NCCN1CCCCC1(C)C)c1ccc2[nH]c(C)c(C)c2c1. The number of aromatic amines is 1. The van der Waals surface area contributed by atoms with Crippen LogP contribution in [0.5, 0.6) is 0 Å². The molecule has 3 nitrogen and oxygen atoms in total. The van der Waals surface area contributed by atoms with Gasteiger partial charge in [0.2, 0.25) is 0 Å². The van der Waals surface area contributed by atoms with Crippen LogP contribution in [0.25, 0.3) is 16.6 Å². The summed E-state index contributed by atoms with van der Waals surface area (Å²) < 4.78 is 0. The second-order valence-electron chi connectivity index (χ2n) is 7.80.